The van der Waals surface area contributed by atoms with Gasteiger partial charge in [0.2, 0.25) is 0 Å². The summed E-state index contributed by atoms with van der Waals surface area (Å²) in [5.74, 6) is 0.862. The molecule has 1 atom stereocenters. The minimum Gasteiger partial charge on any atom is -0.463 e. The molecule has 45 heavy (non-hydrogen) atoms. The number of thiazole rings is 1. The van der Waals surface area contributed by atoms with Crippen molar-refractivity contribution in [2.45, 2.75) is 26.8 Å². The molecule has 13 heteroatoms. The molecular formula is C32H23Cl2N3O7S. The highest BCUT2D eigenvalue weighted by atomic mass is 35.5. The third kappa shape index (κ3) is 5.66. The lowest BCUT2D eigenvalue weighted by atomic mass is 10.0. The lowest BCUT2D eigenvalue weighted by Gasteiger charge is -2.22. The van der Waals surface area contributed by atoms with Gasteiger partial charge in [0.1, 0.15) is 29.1 Å². The Morgan fingerprint density at radius 1 is 1.07 bits per heavy atom. The van der Waals surface area contributed by atoms with E-state index in [9.17, 15) is 19.7 Å². The zero-order valence-electron chi connectivity index (χ0n) is 24.0. The van der Waals surface area contributed by atoms with Crippen LogP contribution in [0.3, 0.4) is 0 Å². The van der Waals surface area contributed by atoms with E-state index in [1.54, 1.807) is 75.4 Å². The number of halogens is 2. The first kappa shape index (κ1) is 30.3. The van der Waals surface area contributed by atoms with E-state index in [0.29, 0.717) is 53.5 Å². The Labute approximate surface area is 269 Å². The number of carbonyl (C=O) groups excluding carboxylic acids is 1. The van der Waals surface area contributed by atoms with E-state index in [4.69, 9.17) is 36.8 Å². The Morgan fingerprint density at radius 2 is 1.82 bits per heavy atom. The standard InChI is InChI=1S/C32H23Cl2N3O7S/c1-4-42-31(39)28-17(3)35-32-36(29(28)26-12-11-25(44-26)22-14-19(37(40)41)7-5-16(22)2)30(38)27(45-32)15-20-8-10-24(43-20)21-9-6-18(33)13-23(21)34/h5-15,29H,4H2,1-3H3/b27-15-/t29-/m0/s1. The van der Waals surface area contributed by atoms with Gasteiger partial charge in [0.05, 0.1) is 32.4 Å². The zero-order valence-corrected chi connectivity index (χ0v) is 26.3. The van der Waals surface area contributed by atoms with E-state index in [1.165, 1.54) is 16.7 Å². The summed E-state index contributed by atoms with van der Waals surface area (Å²) in [4.78, 5) is 43.1. The highest BCUT2D eigenvalue weighted by molar-refractivity contribution is 7.07. The van der Waals surface area contributed by atoms with Crippen LogP contribution in [-0.2, 0) is 9.53 Å². The van der Waals surface area contributed by atoms with Gasteiger partial charge in [-0.05, 0) is 68.8 Å². The van der Waals surface area contributed by atoms with Crippen LogP contribution < -0.4 is 14.9 Å². The smallest absolute Gasteiger partial charge is 0.338 e. The highest BCUT2D eigenvalue weighted by Gasteiger charge is 2.35. The van der Waals surface area contributed by atoms with Crippen LogP contribution in [0, 0.1) is 17.0 Å². The molecule has 6 rings (SSSR count). The molecule has 0 saturated carbocycles. The van der Waals surface area contributed by atoms with Crippen molar-refractivity contribution < 1.29 is 23.3 Å². The second-order valence-electron chi connectivity index (χ2n) is 10.1. The van der Waals surface area contributed by atoms with E-state index in [2.05, 4.69) is 4.99 Å². The maximum atomic E-state index is 14.0. The van der Waals surface area contributed by atoms with Crippen molar-refractivity contribution in [3.63, 3.8) is 0 Å². The second-order valence-corrected chi connectivity index (χ2v) is 11.9. The Kier molecular flexibility index (Phi) is 8.08. The Hall–Kier alpha value is -4.71. The molecule has 0 bridgehead atoms. The number of aromatic nitrogens is 1. The summed E-state index contributed by atoms with van der Waals surface area (Å²) in [5.41, 5.74) is 1.90. The number of nitro groups is 1. The molecule has 4 heterocycles. The molecule has 10 nitrogen and oxygen atoms in total. The SMILES string of the molecule is CCOC(=O)C1=C(C)N=c2s/c(=C\c3ccc(-c4ccc(Cl)cc4Cl)o3)c(=O)n2[C@H]1c1ccc(-c2cc([N+](=O)[O-])ccc2C)o1. The van der Waals surface area contributed by atoms with Crippen LogP contribution in [0.15, 0.2) is 90.6 Å². The lowest BCUT2D eigenvalue weighted by molar-refractivity contribution is -0.384. The molecule has 0 unspecified atom stereocenters. The molecule has 1 aliphatic rings. The fourth-order valence-electron chi connectivity index (χ4n) is 5.09. The minimum atomic E-state index is -1.00. The van der Waals surface area contributed by atoms with E-state index in [1.807, 2.05) is 0 Å². The number of allylic oxidation sites excluding steroid dienone is 1. The number of benzene rings is 2. The maximum absolute atomic E-state index is 14.0. The van der Waals surface area contributed by atoms with Crippen LogP contribution in [0.25, 0.3) is 28.7 Å². The summed E-state index contributed by atoms with van der Waals surface area (Å²) in [6.45, 7) is 5.27. The van der Waals surface area contributed by atoms with Gasteiger partial charge in [-0.15, -0.1) is 0 Å². The summed E-state index contributed by atoms with van der Waals surface area (Å²) in [7, 11) is 0. The van der Waals surface area contributed by atoms with Crippen LogP contribution in [0.1, 0.15) is 37.0 Å². The summed E-state index contributed by atoms with van der Waals surface area (Å²) in [6, 6.07) is 15.3. The number of esters is 1. The van der Waals surface area contributed by atoms with Gasteiger partial charge >= 0.3 is 5.97 Å². The second kappa shape index (κ2) is 12.0. The van der Waals surface area contributed by atoms with E-state index in [-0.39, 0.29) is 23.6 Å². The molecule has 1 aliphatic heterocycles. The third-order valence-electron chi connectivity index (χ3n) is 7.21. The monoisotopic (exact) mass is 663 g/mol. The van der Waals surface area contributed by atoms with Crippen LogP contribution >= 0.6 is 34.5 Å². The minimum absolute atomic E-state index is 0.0936. The van der Waals surface area contributed by atoms with Crippen molar-refractivity contribution in [1.29, 1.82) is 0 Å². The topological polar surface area (TPSA) is 130 Å². The van der Waals surface area contributed by atoms with Gasteiger partial charge in [0.15, 0.2) is 4.80 Å². The van der Waals surface area contributed by atoms with Gasteiger partial charge in [-0.25, -0.2) is 9.79 Å². The van der Waals surface area contributed by atoms with Gasteiger partial charge in [-0.3, -0.25) is 19.5 Å². The molecule has 0 amide bonds. The number of aryl methyl sites for hydroxylation is 1. The summed E-state index contributed by atoms with van der Waals surface area (Å²) < 4.78 is 19.3. The van der Waals surface area contributed by atoms with Crippen molar-refractivity contribution in [1.82, 2.24) is 4.57 Å². The van der Waals surface area contributed by atoms with E-state index >= 15 is 0 Å². The largest absolute Gasteiger partial charge is 0.463 e. The fraction of sp³-hybridized carbons (Fsp3) is 0.156. The first-order valence-corrected chi connectivity index (χ1v) is 15.2. The quantitative estimate of drug-likeness (QED) is 0.106. The van der Waals surface area contributed by atoms with Gasteiger partial charge < -0.3 is 13.6 Å². The van der Waals surface area contributed by atoms with Gasteiger partial charge in [-0.2, -0.15) is 0 Å². The van der Waals surface area contributed by atoms with Crippen molar-refractivity contribution in [2.75, 3.05) is 6.61 Å². The van der Waals surface area contributed by atoms with Crippen molar-refractivity contribution in [3.05, 3.63) is 129 Å². The predicted molar refractivity (Wildman–Crippen MR) is 170 cm³/mol. The molecule has 2 aromatic carbocycles. The number of hydrogen-bond donors (Lipinski definition) is 0. The summed E-state index contributed by atoms with van der Waals surface area (Å²) >= 11 is 13.5. The molecule has 0 radical (unpaired) electrons. The maximum Gasteiger partial charge on any atom is 0.338 e. The zero-order chi connectivity index (χ0) is 32.0. The number of hydrogen-bond acceptors (Lipinski definition) is 9. The predicted octanol–water partition coefficient (Wildman–Crippen LogP) is 6.84. The molecular weight excluding hydrogens is 641 g/mol. The van der Waals surface area contributed by atoms with Crippen molar-refractivity contribution >= 4 is 52.3 Å². The van der Waals surface area contributed by atoms with Crippen molar-refractivity contribution in [2.24, 2.45) is 4.99 Å². The molecule has 0 fully saturated rings. The Bertz CT molecular complexity index is 2220. The number of ether oxygens (including phenoxy) is 1. The molecule has 0 N–H and O–H groups in total. The van der Waals surface area contributed by atoms with Crippen LogP contribution in [0.5, 0.6) is 0 Å². The number of furan rings is 2. The highest BCUT2D eigenvalue weighted by Crippen LogP contribution is 2.36. The molecule has 3 aromatic heterocycles. The molecule has 228 valence electrons. The Morgan fingerprint density at radius 3 is 2.56 bits per heavy atom. The number of nitro benzene ring substituents is 1. The van der Waals surface area contributed by atoms with Crippen LogP contribution in [-0.4, -0.2) is 22.1 Å². The number of nitrogens with zero attached hydrogens (tertiary/aromatic N) is 3. The molecule has 0 saturated heterocycles. The van der Waals surface area contributed by atoms with Gasteiger partial charge in [0.25, 0.3) is 11.2 Å². The molecule has 0 aliphatic carbocycles. The van der Waals surface area contributed by atoms with Gasteiger partial charge in [0, 0.05) is 34.4 Å². The van der Waals surface area contributed by atoms with Crippen LogP contribution in [0.2, 0.25) is 10.0 Å². The lowest BCUT2D eigenvalue weighted by Crippen LogP contribution is -2.39. The number of non-ortho nitro benzene ring substituents is 1. The first-order valence-electron chi connectivity index (χ1n) is 13.7. The average molecular weight is 665 g/mol. The van der Waals surface area contributed by atoms with Crippen LogP contribution in [0.4, 0.5) is 5.69 Å². The number of rotatable bonds is 7. The average Bonchev–Trinajstić information content (AvgIpc) is 3.73. The summed E-state index contributed by atoms with van der Waals surface area (Å²) in [5, 5.41) is 12.3. The number of carbonyl (C=O) groups is 1. The van der Waals surface area contributed by atoms with E-state index < -0.39 is 22.5 Å². The summed E-state index contributed by atoms with van der Waals surface area (Å²) in [6.07, 6.45) is 1.59. The van der Waals surface area contributed by atoms with Crippen molar-refractivity contribution in [3.8, 4) is 22.6 Å². The molecule has 5 aromatic rings. The Balaban J connectivity index is 1.47. The first-order chi connectivity index (χ1) is 21.5. The van der Waals surface area contributed by atoms with E-state index in [0.717, 1.165) is 16.9 Å². The fourth-order valence-corrected chi connectivity index (χ4v) is 6.62. The third-order valence-corrected chi connectivity index (χ3v) is 8.74. The van der Waals surface area contributed by atoms with Gasteiger partial charge in [-0.1, -0.05) is 40.6 Å². The molecule has 0 spiro atoms. The normalized spacial score (nSPS) is 14.8. The number of fused-ring (bicyclic) bond motifs is 1.